The van der Waals surface area contributed by atoms with Crippen LogP contribution in [0.1, 0.15) is 0 Å². The van der Waals surface area contributed by atoms with Gasteiger partial charge in [0.1, 0.15) is 0 Å². The van der Waals surface area contributed by atoms with Crippen molar-refractivity contribution < 1.29 is 0 Å². The van der Waals surface area contributed by atoms with Gasteiger partial charge >= 0.3 is 0 Å². The fourth-order valence-corrected chi connectivity index (χ4v) is 7.99. The highest BCUT2D eigenvalue weighted by Crippen LogP contribution is 2.41. The molecular formula is C52H35N. The quantitative estimate of drug-likeness (QED) is 0.159. The molecule has 0 radical (unpaired) electrons. The first-order chi connectivity index (χ1) is 26.3. The maximum absolute atomic E-state index is 2.38. The summed E-state index contributed by atoms with van der Waals surface area (Å²) >= 11 is 0. The Morgan fingerprint density at radius 1 is 0.245 bits per heavy atom. The molecule has 0 saturated carbocycles. The largest absolute Gasteiger partial charge is 0.310 e. The number of hydrogen-bond donors (Lipinski definition) is 0. The Morgan fingerprint density at radius 3 is 1.57 bits per heavy atom. The van der Waals surface area contributed by atoms with Gasteiger partial charge in [-0.25, -0.2) is 0 Å². The van der Waals surface area contributed by atoms with Gasteiger partial charge in [0.2, 0.25) is 0 Å². The van der Waals surface area contributed by atoms with Gasteiger partial charge in [-0.1, -0.05) is 164 Å². The van der Waals surface area contributed by atoms with E-state index < -0.39 is 0 Å². The van der Waals surface area contributed by atoms with Gasteiger partial charge in [0.25, 0.3) is 0 Å². The minimum atomic E-state index is 1.11. The van der Waals surface area contributed by atoms with E-state index in [1.807, 2.05) is 0 Å². The van der Waals surface area contributed by atoms with E-state index in [9.17, 15) is 0 Å². The van der Waals surface area contributed by atoms with Crippen molar-refractivity contribution in [3.05, 3.63) is 212 Å². The third-order valence-electron chi connectivity index (χ3n) is 10.6. The van der Waals surface area contributed by atoms with Gasteiger partial charge in [-0.05, 0) is 125 Å². The normalized spacial score (nSPS) is 11.4. The fourth-order valence-electron chi connectivity index (χ4n) is 7.99. The molecule has 0 saturated heterocycles. The number of nitrogens with zero attached hydrogens (tertiary/aromatic N) is 1. The van der Waals surface area contributed by atoms with Crippen LogP contribution in [0.2, 0.25) is 0 Å². The number of rotatable bonds is 6. The van der Waals surface area contributed by atoms with Gasteiger partial charge in [-0.2, -0.15) is 0 Å². The van der Waals surface area contributed by atoms with Crippen molar-refractivity contribution in [3.63, 3.8) is 0 Å². The Bertz CT molecular complexity index is 2930. The van der Waals surface area contributed by atoms with Crippen LogP contribution in [-0.2, 0) is 0 Å². The third kappa shape index (κ3) is 5.60. The van der Waals surface area contributed by atoms with E-state index in [1.165, 1.54) is 76.5 Å². The van der Waals surface area contributed by atoms with Crippen LogP contribution < -0.4 is 4.90 Å². The molecule has 10 aromatic carbocycles. The Kier molecular flexibility index (Phi) is 7.55. The van der Waals surface area contributed by atoms with Crippen molar-refractivity contribution >= 4 is 60.2 Å². The highest BCUT2D eigenvalue weighted by atomic mass is 15.1. The van der Waals surface area contributed by atoms with Crippen LogP contribution >= 0.6 is 0 Å². The maximum Gasteiger partial charge on any atom is 0.0468 e. The number of anilines is 3. The summed E-state index contributed by atoms with van der Waals surface area (Å²) in [4.78, 5) is 2.37. The van der Waals surface area contributed by atoms with E-state index >= 15 is 0 Å². The molecule has 0 N–H and O–H groups in total. The molecule has 0 fully saturated rings. The Balaban J connectivity index is 1.09. The number of fused-ring (bicyclic) bond motifs is 6. The summed E-state index contributed by atoms with van der Waals surface area (Å²) in [6.45, 7) is 0. The molecule has 0 spiro atoms. The molecule has 53 heavy (non-hydrogen) atoms. The monoisotopic (exact) mass is 673 g/mol. The van der Waals surface area contributed by atoms with E-state index in [-0.39, 0.29) is 0 Å². The average molecular weight is 674 g/mol. The Hall–Kier alpha value is -6.96. The number of benzene rings is 10. The van der Waals surface area contributed by atoms with Gasteiger partial charge in [0.15, 0.2) is 0 Å². The van der Waals surface area contributed by atoms with Gasteiger partial charge in [0, 0.05) is 17.1 Å². The van der Waals surface area contributed by atoms with Crippen LogP contribution in [0.3, 0.4) is 0 Å². The molecule has 0 aliphatic heterocycles. The Labute approximate surface area is 309 Å². The molecule has 0 aliphatic rings. The summed E-state index contributed by atoms with van der Waals surface area (Å²) in [6, 6.07) is 77.2. The van der Waals surface area contributed by atoms with Crippen LogP contribution in [-0.4, -0.2) is 0 Å². The topological polar surface area (TPSA) is 3.24 Å². The lowest BCUT2D eigenvalue weighted by Gasteiger charge is -2.26. The smallest absolute Gasteiger partial charge is 0.0468 e. The lowest BCUT2D eigenvalue weighted by Crippen LogP contribution is -2.10. The van der Waals surface area contributed by atoms with E-state index in [4.69, 9.17) is 0 Å². The predicted molar refractivity (Wildman–Crippen MR) is 227 cm³/mol. The highest BCUT2D eigenvalue weighted by molar-refractivity contribution is 6.23. The van der Waals surface area contributed by atoms with E-state index in [1.54, 1.807) is 0 Å². The predicted octanol–water partition coefficient (Wildman–Crippen LogP) is 14.8. The molecular weight excluding hydrogens is 639 g/mol. The zero-order valence-electron chi connectivity index (χ0n) is 29.2. The maximum atomic E-state index is 2.38. The van der Waals surface area contributed by atoms with Crippen molar-refractivity contribution in [2.24, 2.45) is 0 Å². The molecule has 0 unspecified atom stereocenters. The first-order valence-electron chi connectivity index (χ1n) is 18.3. The SMILES string of the molecule is c1ccc(-c2ccc(N(c3cccc(-c4ccccc4)c3)c3ccc4cc(-c5cc6ccc7ccccc7c6c6ccccc56)ccc4c3)cc2)cc1. The summed E-state index contributed by atoms with van der Waals surface area (Å²) in [7, 11) is 0. The van der Waals surface area contributed by atoms with Crippen LogP contribution in [0.25, 0.3) is 76.5 Å². The standard InChI is InChI=1S/C52H35N/c1-3-12-36(13-4-1)38-26-29-45(30-27-38)53(46-18-11-17-40(33-46)37-14-5-2-6-15-37)47-31-28-41-32-43(24-23-42(41)34-47)51-35-44-25-22-39-16-7-8-19-48(39)52(44)50-21-10-9-20-49(50)51/h1-35H. The first-order valence-corrected chi connectivity index (χ1v) is 18.3. The highest BCUT2D eigenvalue weighted by Gasteiger charge is 2.16. The minimum Gasteiger partial charge on any atom is -0.310 e. The first kappa shape index (κ1) is 30.8. The molecule has 0 bridgehead atoms. The van der Waals surface area contributed by atoms with Crippen molar-refractivity contribution in [3.8, 4) is 33.4 Å². The molecule has 0 aliphatic carbocycles. The molecule has 0 amide bonds. The van der Waals surface area contributed by atoms with Gasteiger partial charge in [0.05, 0.1) is 0 Å². The van der Waals surface area contributed by atoms with Crippen LogP contribution in [0.15, 0.2) is 212 Å². The van der Waals surface area contributed by atoms with Gasteiger partial charge in [-0.15, -0.1) is 0 Å². The lowest BCUT2D eigenvalue weighted by molar-refractivity contribution is 1.29. The Morgan fingerprint density at radius 2 is 0.774 bits per heavy atom. The van der Waals surface area contributed by atoms with Gasteiger partial charge in [-0.3, -0.25) is 0 Å². The summed E-state index contributed by atoms with van der Waals surface area (Å²) in [5.41, 5.74) is 10.6. The molecule has 248 valence electrons. The third-order valence-corrected chi connectivity index (χ3v) is 10.6. The molecule has 0 atom stereocenters. The fraction of sp³-hybridized carbons (Fsp3) is 0. The molecule has 1 heteroatoms. The van der Waals surface area contributed by atoms with Crippen molar-refractivity contribution in [2.75, 3.05) is 4.90 Å². The van der Waals surface area contributed by atoms with Crippen LogP contribution in [0.5, 0.6) is 0 Å². The number of hydrogen-bond acceptors (Lipinski definition) is 1. The summed E-state index contributed by atoms with van der Waals surface area (Å²) < 4.78 is 0. The van der Waals surface area contributed by atoms with E-state index in [2.05, 4.69) is 217 Å². The molecule has 0 aromatic heterocycles. The molecule has 10 rings (SSSR count). The second-order valence-electron chi connectivity index (χ2n) is 13.8. The second kappa shape index (κ2) is 13.0. The molecule has 0 heterocycles. The molecule has 1 nitrogen and oxygen atoms in total. The zero-order chi connectivity index (χ0) is 35.1. The lowest BCUT2D eigenvalue weighted by atomic mass is 9.90. The zero-order valence-corrected chi connectivity index (χ0v) is 29.2. The summed E-state index contributed by atoms with van der Waals surface area (Å²) in [6.07, 6.45) is 0. The summed E-state index contributed by atoms with van der Waals surface area (Å²) in [5.74, 6) is 0. The van der Waals surface area contributed by atoms with E-state index in [0.717, 1.165) is 17.1 Å². The van der Waals surface area contributed by atoms with Crippen molar-refractivity contribution in [1.29, 1.82) is 0 Å². The summed E-state index contributed by atoms with van der Waals surface area (Å²) in [5, 5.41) is 10.1. The van der Waals surface area contributed by atoms with E-state index in [0.29, 0.717) is 0 Å². The minimum absolute atomic E-state index is 1.11. The van der Waals surface area contributed by atoms with Crippen molar-refractivity contribution in [1.82, 2.24) is 0 Å². The van der Waals surface area contributed by atoms with Crippen molar-refractivity contribution in [2.45, 2.75) is 0 Å². The van der Waals surface area contributed by atoms with Crippen LogP contribution in [0.4, 0.5) is 17.1 Å². The van der Waals surface area contributed by atoms with Crippen LogP contribution in [0, 0.1) is 0 Å². The van der Waals surface area contributed by atoms with Gasteiger partial charge < -0.3 is 4.90 Å². The second-order valence-corrected chi connectivity index (χ2v) is 13.8. The average Bonchev–Trinajstić information content (AvgIpc) is 3.24. The molecule has 10 aromatic rings.